The molecule has 2 rings (SSSR count). The molecular weight excluding hydrogens is 154 g/mol. The molecule has 0 saturated heterocycles. The number of aliphatic carboxylic acids is 1. The molecule has 0 spiro atoms. The number of halogens is 2. The molecule has 0 bridgehead atoms. The second kappa shape index (κ2) is 1.73. The van der Waals surface area contributed by atoms with Gasteiger partial charge in [0.2, 0.25) is 0 Å². The normalized spacial score (nSPS) is 45.1. The molecule has 4 heteroatoms. The van der Waals surface area contributed by atoms with Crippen molar-refractivity contribution in [3.63, 3.8) is 0 Å². The van der Waals surface area contributed by atoms with Crippen LogP contribution in [0.25, 0.3) is 0 Å². The van der Waals surface area contributed by atoms with Gasteiger partial charge in [-0.2, -0.15) is 0 Å². The van der Waals surface area contributed by atoms with Gasteiger partial charge in [-0.05, 0) is 12.3 Å². The van der Waals surface area contributed by atoms with Crippen LogP contribution >= 0.6 is 0 Å². The number of hydrogen-bond acceptors (Lipinski definition) is 1. The minimum absolute atomic E-state index is 0.119. The Morgan fingerprint density at radius 3 is 2.45 bits per heavy atom. The van der Waals surface area contributed by atoms with Crippen LogP contribution in [-0.2, 0) is 4.79 Å². The summed E-state index contributed by atoms with van der Waals surface area (Å²) in [6.07, 6.45) is 0.265. The van der Waals surface area contributed by atoms with Gasteiger partial charge in [0.1, 0.15) is 0 Å². The lowest BCUT2D eigenvalue weighted by molar-refractivity contribution is -0.141. The van der Waals surface area contributed by atoms with E-state index in [1.807, 2.05) is 0 Å². The van der Waals surface area contributed by atoms with Crippen LogP contribution in [0.2, 0.25) is 0 Å². The Bertz CT molecular complexity index is 214. The lowest BCUT2D eigenvalue weighted by Gasteiger charge is -2.10. The van der Waals surface area contributed by atoms with E-state index in [4.69, 9.17) is 5.11 Å². The molecule has 2 nitrogen and oxygen atoms in total. The van der Waals surface area contributed by atoms with E-state index < -0.39 is 23.7 Å². The maximum absolute atomic E-state index is 12.7. The molecule has 62 valence electrons. The zero-order valence-corrected chi connectivity index (χ0v) is 5.76. The molecule has 0 aromatic heterocycles. The third-order valence-corrected chi connectivity index (χ3v) is 2.75. The van der Waals surface area contributed by atoms with Crippen molar-refractivity contribution in [2.75, 3.05) is 0 Å². The van der Waals surface area contributed by atoms with Crippen molar-refractivity contribution in [1.29, 1.82) is 0 Å². The molecule has 0 aliphatic heterocycles. The lowest BCUT2D eigenvalue weighted by atomic mass is 10.1. The Morgan fingerprint density at radius 1 is 1.55 bits per heavy atom. The number of carboxylic acids is 1. The van der Waals surface area contributed by atoms with E-state index in [2.05, 4.69) is 0 Å². The summed E-state index contributed by atoms with van der Waals surface area (Å²) >= 11 is 0. The molecule has 0 unspecified atom stereocenters. The summed E-state index contributed by atoms with van der Waals surface area (Å²) in [7, 11) is 0. The van der Waals surface area contributed by atoms with Gasteiger partial charge in [-0.15, -0.1) is 0 Å². The largest absolute Gasteiger partial charge is 0.481 e. The fourth-order valence-electron chi connectivity index (χ4n) is 2.17. The number of fused-ring (bicyclic) bond motifs is 1. The van der Waals surface area contributed by atoms with E-state index >= 15 is 0 Å². The first kappa shape index (κ1) is 7.00. The van der Waals surface area contributed by atoms with Gasteiger partial charge in [0.15, 0.2) is 0 Å². The second-order valence-corrected chi connectivity index (χ2v) is 3.35. The van der Waals surface area contributed by atoms with Crippen molar-refractivity contribution in [2.45, 2.75) is 18.8 Å². The summed E-state index contributed by atoms with van der Waals surface area (Å²) < 4.78 is 25.5. The van der Waals surface area contributed by atoms with Gasteiger partial charge < -0.3 is 5.11 Å². The smallest absolute Gasteiger partial charge is 0.307 e. The van der Waals surface area contributed by atoms with Crippen LogP contribution in [0.3, 0.4) is 0 Å². The molecule has 0 heterocycles. The second-order valence-electron chi connectivity index (χ2n) is 3.35. The van der Waals surface area contributed by atoms with Crippen molar-refractivity contribution in [1.82, 2.24) is 0 Å². The number of hydrogen-bond donors (Lipinski definition) is 1. The molecule has 0 aromatic carbocycles. The van der Waals surface area contributed by atoms with Crippen molar-refractivity contribution < 1.29 is 18.7 Å². The Balaban J connectivity index is 2.13. The third-order valence-electron chi connectivity index (χ3n) is 2.75. The van der Waals surface area contributed by atoms with Crippen LogP contribution in [0, 0.1) is 17.8 Å². The van der Waals surface area contributed by atoms with Gasteiger partial charge in [-0.1, -0.05) is 0 Å². The molecule has 2 aliphatic carbocycles. The van der Waals surface area contributed by atoms with Crippen LogP contribution < -0.4 is 0 Å². The fourth-order valence-corrected chi connectivity index (χ4v) is 2.17. The predicted octanol–water partition coefficient (Wildman–Crippen LogP) is 1.36. The van der Waals surface area contributed by atoms with E-state index in [-0.39, 0.29) is 12.3 Å². The summed E-state index contributed by atoms with van der Waals surface area (Å²) in [6, 6.07) is 0. The van der Waals surface area contributed by atoms with Crippen LogP contribution in [0.15, 0.2) is 0 Å². The number of carbonyl (C=O) groups is 1. The number of carboxylic acid groups (broad SMARTS) is 1. The minimum atomic E-state index is -2.70. The summed E-state index contributed by atoms with van der Waals surface area (Å²) in [5.41, 5.74) is 0. The lowest BCUT2D eigenvalue weighted by Crippen LogP contribution is -2.19. The highest BCUT2D eigenvalue weighted by molar-refractivity contribution is 5.75. The van der Waals surface area contributed by atoms with E-state index in [1.54, 1.807) is 0 Å². The molecule has 11 heavy (non-hydrogen) atoms. The Morgan fingerprint density at radius 2 is 2.18 bits per heavy atom. The molecule has 3 atom stereocenters. The Kier molecular flexibility index (Phi) is 1.10. The topological polar surface area (TPSA) is 37.3 Å². The average Bonchev–Trinajstić information content (AvgIpc) is 2.51. The van der Waals surface area contributed by atoms with Crippen molar-refractivity contribution in [2.24, 2.45) is 17.8 Å². The van der Waals surface area contributed by atoms with E-state index in [1.165, 1.54) is 0 Å². The van der Waals surface area contributed by atoms with Crippen molar-refractivity contribution >= 4 is 5.97 Å². The van der Waals surface area contributed by atoms with E-state index in [0.717, 1.165) is 0 Å². The standard InChI is InChI=1S/C7H8F2O2/c8-7(9)2-1-3-4(5(3)7)6(10)11/h3-5H,1-2H2,(H,10,11)/t3-,4-,5-/m0/s1. The molecule has 2 aliphatic rings. The quantitative estimate of drug-likeness (QED) is 0.632. The number of rotatable bonds is 1. The molecule has 0 radical (unpaired) electrons. The first-order chi connectivity index (χ1) is 5.04. The zero-order valence-electron chi connectivity index (χ0n) is 5.76. The predicted molar refractivity (Wildman–Crippen MR) is 32.3 cm³/mol. The first-order valence-corrected chi connectivity index (χ1v) is 3.64. The first-order valence-electron chi connectivity index (χ1n) is 3.64. The van der Waals surface area contributed by atoms with Crippen LogP contribution in [0.4, 0.5) is 8.78 Å². The summed E-state index contributed by atoms with van der Waals surface area (Å²) in [6.45, 7) is 0. The van der Waals surface area contributed by atoms with Crippen molar-refractivity contribution in [3.8, 4) is 0 Å². The summed E-state index contributed by atoms with van der Waals surface area (Å²) in [4.78, 5) is 10.3. The van der Waals surface area contributed by atoms with E-state index in [0.29, 0.717) is 6.42 Å². The maximum Gasteiger partial charge on any atom is 0.307 e. The highest BCUT2D eigenvalue weighted by Crippen LogP contribution is 2.64. The van der Waals surface area contributed by atoms with Gasteiger partial charge in [-0.3, -0.25) is 4.79 Å². The van der Waals surface area contributed by atoms with Gasteiger partial charge in [0.25, 0.3) is 5.92 Å². The fraction of sp³-hybridized carbons (Fsp3) is 0.857. The maximum atomic E-state index is 12.7. The highest BCUT2D eigenvalue weighted by atomic mass is 19.3. The van der Waals surface area contributed by atoms with Gasteiger partial charge in [-0.25, -0.2) is 8.78 Å². The molecule has 0 aromatic rings. The SMILES string of the molecule is O=C(O)[C@H]1[C@@H]2CCC(F)(F)[C@@H]21. The Hall–Kier alpha value is -0.670. The molecule has 0 amide bonds. The van der Waals surface area contributed by atoms with Crippen LogP contribution in [0.1, 0.15) is 12.8 Å². The van der Waals surface area contributed by atoms with Gasteiger partial charge in [0, 0.05) is 12.3 Å². The summed E-state index contributed by atoms with van der Waals surface area (Å²) in [5.74, 6) is -5.59. The van der Waals surface area contributed by atoms with Gasteiger partial charge in [0.05, 0.1) is 5.92 Å². The van der Waals surface area contributed by atoms with Crippen LogP contribution in [0.5, 0.6) is 0 Å². The zero-order chi connectivity index (χ0) is 8.22. The Labute approximate surface area is 62.2 Å². The highest BCUT2D eigenvalue weighted by Gasteiger charge is 2.70. The molecular formula is C7H8F2O2. The minimum Gasteiger partial charge on any atom is -0.481 e. The van der Waals surface area contributed by atoms with Crippen LogP contribution in [-0.4, -0.2) is 17.0 Å². The third kappa shape index (κ3) is 0.781. The monoisotopic (exact) mass is 162 g/mol. The summed E-state index contributed by atoms with van der Waals surface area (Å²) in [5, 5.41) is 8.46. The average molecular weight is 162 g/mol. The van der Waals surface area contributed by atoms with Gasteiger partial charge >= 0.3 is 5.97 Å². The number of alkyl halides is 2. The molecule has 1 N–H and O–H groups in total. The molecule has 2 fully saturated rings. The van der Waals surface area contributed by atoms with Crippen molar-refractivity contribution in [3.05, 3.63) is 0 Å². The molecule has 2 saturated carbocycles. The van der Waals surface area contributed by atoms with E-state index in [9.17, 15) is 13.6 Å².